The first-order valence-electron chi connectivity index (χ1n) is 6.80. The topological polar surface area (TPSA) is 54.5 Å². The molecule has 1 fully saturated rings. The number of hydrogen-bond donors (Lipinski definition) is 1. The van der Waals surface area contributed by atoms with Crippen LogP contribution in [0, 0.1) is 3.57 Å². The van der Waals surface area contributed by atoms with E-state index >= 15 is 0 Å². The van der Waals surface area contributed by atoms with E-state index in [1.807, 2.05) is 32.9 Å². The normalized spacial score (nSPS) is 18.7. The van der Waals surface area contributed by atoms with E-state index in [9.17, 15) is 4.79 Å². The Bertz CT molecular complexity index is 513. The van der Waals surface area contributed by atoms with Crippen LogP contribution in [0.4, 0.5) is 10.6 Å². The molecule has 1 aliphatic heterocycles. The van der Waals surface area contributed by atoms with Crippen molar-refractivity contribution in [3.63, 3.8) is 0 Å². The number of pyridine rings is 1. The number of carbonyl (C=O) groups excluding carboxylic acids is 1. The Hall–Kier alpha value is -0.760. The fourth-order valence-corrected chi connectivity index (χ4v) is 3.14. The van der Waals surface area contributed by atoms with Gasteiger partial charge < -0.3 is 15.0 Å². The Morgan fingerprint density at radius 3 is 2.86 bits per heavy atom. The van der Waals surface area contributed by atoms with E-state index in [1.54, 1.807) is 0 Å². The summed E-state index contributed by atoms with van der Waals surface area (Å²) in [5, 5.41) is 3.39. The molecule has 0 saturated carbocycles. The minimum absolute atomic E-state index is 0.0679. The second-order valence-electron chi connectivity index (χ2n) is 6.04. The molecule has 1 aromatic heterocycles. The maximum atomic E-state index is 11.8. The first kappa shape index (κ1) is 16.6. The minimum Gasteiger partial charge on any atom is -0.444 e. The van der Waals surface area contributed by atoms with Crippen LogP contribution in [0.5, 0.6) is 0 Å². The van der Waals surface area contributed by atoms with Gasteiger partial charge in [0.05, 0.1) is 6.04 Å². The number of carbonyl (C=O) groups is 1. The molecule has 7 heteroatoms. The molecule has 0 spiro atoms. The number of aromatic nitrogens is 1. The molecule has 1 aromatic rings. The molecule has 5 nitrogen and oxygen atoms in total. The van der Waals surface area contributed by atoms with Crippen LogP contribution < -0.4 is 10.2 Å². The number of ether oxygens (including phenoxy) is 1. The van der Waals surface area contributed by atoms with Crippen LogP contribution in [0.25, 0.3) is 0 Å². The zero-order chi connectivity index (χ0) is 15.6. The molecule has 1 N–H and O–H groups in total. The average Bonchev–Trinajstić information content (AvgIpc) is 2.73. The van der Waals surface area contributed by atoms with Crippen LogP contribution in [0.15, 0.2) is 12.1 Å². The lowest BCUT2D eigenvalue weighted by Gasteiger charge is -2.22. The summed E-state index contributed by atoms with van der Waals surface area (Å²) in [4.78, 5) is 18.2. The molecular weight excluding hydrogens is 405 g/mol. The SMILES string of the molecule is CC(C)(C)OC(=O)N[C@H]1CCN(c2cc(I)cc(Cl)n2)C1. The van der Waals surface area contributed by atoms with Crippen molar-refractivity contribution in [3.8, 4) is 0 Å². The summed E-state index contributed by atoms with van der Waals surface area (Å²) in [6, 6.07) is 3.87. The monoisotopic (exact) mass is 423 g/mol. The first-order valence-corrected chi connectivity index (χ1v) is 8.26. The minimum atomic E-state index is -0.479. The Morgan fingerprint density at radius 2 is 2.24 bits per heavy atom. The van der Waals surface area contributed by atoms with E-state index in [0.29, 0.717) is 11.7 Å². The van der Waals surface area contributed by atoms with Gasteiger partial charge in [-0.15, -0.1) is 0 Å². The number of hydrogen-bond acceptors (Lipinski definition) is 4. The van der Waals surface area contributed by atoms with Crippen molar-refractivity contribution in [2.45, 2.75) is 38.8 Å². The highest BCUT2D eigenvalue weighted by molar-refractivity contribution is 14.1. The molecular formula is C14H19ClIN3O2. The van der Waals surface area contributed by atoms with Crippen molar-refractivity contribution in [1.82, 2.24) is 10.3 Å². The fraction of sp³-hybridized carbons (Fsp3) is 0.571. The molecule has 0 radical (unpaired) electrons. The molecule has 2 rings (SSSR count). The van der Waals surface area contributed by atoms with E-state index in [4.69, 9.17) is 16.3 Å². The van der Waals surface area contributed by atoms with E-state index < -0.39 is 5.60 Å². The fourth-order valence-electron chi connectivity index (χ4n) is 2.18. The molecule has 0 aliphatic carbocycles. The van der Waals surface area contributed by atoms with Gasteiger partial charge in [0.25, 0.3) is 0 Å². The number of rotatable bonds is 2. The molecule has 0 aromatic carbocycles. The molecule has 1 amide bonds. The Labute approximate surface area is 143 Å². The Morgan fingerprint density at radius 1 is 1.52 bits per heavy atom. The Kier molecular flexibility index (Phi) is 5.19. The van der Waals surface area contributed by atoms with Gasteiger partial charge in [0.15, 0.2) is 0 Å². The lowest BCUT2D eigenvalue weighted by Crippen LogP contribution is -2.40. The van der Waals surface area contributed by atoms with Crippen LogP contribution in [-0.4, -0.2) is 35.8 Å². The van der Waals surface area contributed by atoms with Gasteiger partial charge in [-0.2, -0.15) is 0 Å². The molecule has 1 saturated heterocycles. The highest BCUT2D eigenvalue weighted by Gasteiger charge is 2.27. The van der Waals surface area contributed by atoms with Gasteiger partial charge >= 0.3 is 6.09 Å². The molecule has 1 aliphatic rings. The standard InChI is InChI=1S/C14H19ClIN3O2/c1-14(2,3)21-13(20)17-10-4-5-19(8-10)12-7-9(16)6-11(15)18-12/h6-7,10H,4-5,8H2,1-3H3,(H,17,20)/t10-/m0/s1. The van der Waals surface area contributed by atoms with Gasteiger partial charge in [0.1, 0.15) is 16.6 Å². The van der Waals surface area contributed by atoms with E-state index in [-0.39, 0.29) is 12.1 Å². The van der Waals surface area contributed by atoms with Crippen LogP contribution in [0.3, 0.4) is 0 Å². The Balaban J connectivity index is 1.93. The van der Waals surface area contributed by atoms with Crippen molar-refractivity contribution in [2.75, 3.05) is 18.0 Å². The number of amides is 1. The van der Waals surface area contributed by atoms with E-state index in [0.717, 1.165) is 22.4 Å². The lowest BCUT2D eigenvalue weighted by molar-refractivity contribution is 0.0509. The summed E-state index contributed by atoms with van der Waals surface area (Å²) < 4.78 is 6.32. The average molecular weight is 424 g/mol. The first-order chi connectivity index (χ1) is 9.73. The summed E-state index contributed by atoms with van der Waals surface area (Å²) in [5.74, 6) is 0.848. The number of nitrogens with zero attached hydrogens (tertiary/aromatic N) is 2. The van der Waals surface area contributed by atoms with Crippen LogP contribution in [0.2, 0.25) is 5.15 Å². The highest BCUT2D eigenvalue weighted by atomic mass is 127. The quantitative estimate of drug-likeness (QED) is 0.585. The van der Waals surface area contributed by atoms with Gasteiger partial charge in [-0.3, -0.25) is 0 Å². The van der Waals surface area contributed by atoms with Crippen molar-refractivity contribution in [3.05, 3.63) is 20.9 Å². The van der Waals surface area contributed by atoms with Gasteiger partial charge in [-0.05, 0) is 61.9 Å². The third-order valence-electron chi connectivity index (χ3n) is 2.98. The second kappa shape index (κ2) is 6.56. The maximum Gasteiger partial charge on any atom is 0.407 e. The molecule has 2 heterocycles. The van der Waals surface area contributed by atoms with Crippen LogP contribution in [-0.2, 0) is 4.74 Å². The summed E-state index contributed by atoms with van der Waals surface area (Å²) in [5.41, 5.74) is -0.479. The second-order valence-corrected chi connectivity index (χ2v) is 7.68. The van der Waals surface area contributed by atoms with Crippen LogP contribution in [0.1, 0.15) is 27.2 Å². The van der Waals surface area contributed by atoms with Gasteiger partial charge in [0, 0.05) is 16.7 Å². The van der Waals surface area contributed by atoms with Crippen molar-refractivity contribution in [1.29, 1.82) is 0 Å². The summed E-state index contributed by atoms with van der Waals surface area (Å²) in [6.07, 6.45) is 0.493. The van der Waals surface area contributed by atoms with Crippen molar-refractivity contribution in [2.24, 2.45) is 0 Å². The molecule has 0 unspecified atom stereocenters. The summed E-state index contributed by atoms with van der Waals surface area (Å²) in [7, 11) is 0. The summed E-state index contributed by atoms with van der Waals surface area (Å²) in [6.45, 7) is 7.11. The van der Waals surface area contributed by atoms with Gasteiger partial charge in [-0.25, -0.2) is 9.78 Å². The third-order valence-corrected chi connectivity index (χ3v) is 3.79. The zero-order valence-corrected chi connectivity index (χ0v) is 15.2. The number of halogens is 2. The predicted octanol–water partition coefficient (Wildman–Crippen LogP) is 3.44. The van der Waals surface area contributed by atoms with Crippen LogP contribution >= 0.6 is 34.2 Å². The van der Waals surface area contributed by atoms with Crippen molar-refractivity contribution >= 4 is 46.1 Å². The molecule has 1 atom stereocenters. The van der Waals surface area contributed by atoms with Gasteiger partial charge in [0.2, 0.25) is 0 Å². The molecule has 0 bridgehead atoms. The highest BCUT2D eigenvalue weighted by Crippen LogP contribution is 2.23. The molecule has 21 heavy (non-hydrogen) atoms. The van der Waals surface area contributed by atoms with Crippen molar-refractivity contribution < 1.29 is 9.53 Å². The van der Waals surface area contributed by atoms with E-state index in [2.05, 4.69) is 37.8 Å². The summed E-state index contributed by atoms with van der Waals surface area (Å²) >= 11 is 8.21. The number of nitrogens with one attached hydrogen (secondary N) is 1. The predicted molar refractivity (Wildman–Crippen MR) is 92.0 cm³/mol. The zero-order valence-electron chi connectivity index (χ0n) is 12.3. The number of alkyl carbamates (subject to hydrolysis) is 1. The van der Waals surface area contributed by atoms with E-state index in [1.165, 1.54) is 0 Å². The lowest BCUT2D eigenvalue weighted by atomic mass is 10.2. The molecule has 116 valence electrons. The maximum absolute atomic E-state index is 11.8. The number of anilines is 1. The smallest absolute Gasteiger partial charge is 0.407 e. The largest absolute Gasteiger partial charge is 0.444 e. The van der Waals surface area contributed by atoms with Gasteiger partial charge in [-0.1, -0.05) is 11.6 Å². The third kappa shape index (κ3) is 5.18.